The van der Waals surface area contributed by atoms with E-state index in [1.54, 1.807) is 6.20 Å². The van der Waals surface area contributed by atoms with Gasteiger partial charge in [0.1, 0.15) is 5.82 Å². The molecule has 3 nitrogen and oxygen atoms in total. The topological polar surface area (TPSA) is 54.7 Å². The van der Waals surface area contributed by atoms with Crippen molar-refractivity contribution in [2.45, 2.75) is 26.2 Å². The molecule has 0 saturated heterocycles. The van der Waals surface area contributed by atoms with Crippen LogP contribution in [-0.2, 0) is 6.42 Å². The number of nitrogens with one attached hydrogen (secondary N) is 1. The molecular formula is C13H17N3. The molecule has 1 aromatic carbocycles. The molecule has 84 valence electrons. The number of nitrogen functional groups attached to an aromatic ring is 1. The largest absolute Gasteiger partial charge is 0.384 e. The molecule has 2 aromatic rings. The van der Waals surface area contributed by atoms with Crippen LogP contribution in [0.25, 0.3) is 0 Å². The summed E-state index contributed by atoms with van der Waals surface area (Å²) >= 11 is 0. The Balaban J connectivity index is 2.14. The predicted molar refractivity (Wildman–Crippen MR) is 66.3 cm³/mol. The molecule has 1 heterocycles. The first-order valence-electron chi connectivity index (χ1n) is 5.53. The van der Waals surface area contributed by atoms with Crippen LogP contribution in [-0.4, -0.2) is 10.2 Å². The van der Waals surface area contributed by atoms with Crippen LogP contribution < -0.4 is 5.73 Å². The highest BCUT2D eigenvalue weighted by Crippen LogP contribution is 2.17. The van der Waals surface area contributed by atoms with E-state index in [0.717, 1.165) is 12.0 Å². The molecule has 0 saturated carbocycles. The van der Waals surface area contributed by atoms with E-state index in [2.05, 4.69) is 48.3 Å². The van der Waals surface area contributed by atoms with Crippen molar-refractivity contribution in [2.24, 2.45) is 0 Å². The Morgan fingerprint density at radius 1 is 1.25 bits per heavy atom. The van der Waals surface area contributed by atoms with Gasteiger partial charge in [0.2, 0.25) is 0 Å². The molecule has 0 radical (unpaired) electrons. The summed E-state index contributed by atoms with van der Waals surface area (Å²) in [5, 5.41) is 6.66. The summed E-state index contributed by atoms with van der Waals surface area (Å²) < 4.78 is 0. The summed E-state index contributed by atoms with van der Waals surface area (Å²) in [6.45, 7) is 4.39. The number of aromatic amines is 1. The Kier molecular flexibility index (Phi) is 2.95. The van der Waals surface area contributed by atoms with Crippen molar-refractivity contribution < 1.29 is 0 Å². The number of hydrogen-bond acceptors (Lipinski definition) is 2. The molecule has 0 fully saturated rings. The van der Waals surface area contributed by atoms with E-state index in [0.29, 0.717) is 11.7 Å². The molecule has 16 heavy (non-hydrogen) atoms. The highest BCUT2D eigenvalue weighted by atomic mass is 15.1. The molecule has 3 heteroatoms. The van der Waals surface area contributed by atoms with Gasteiger partial charge in [-0.25, -0.2) is 0 Å². The Morgan fingerprint density at radius 2 is 1.94 bits per heavy atom. The summed E-state index contributed by atoms with van der Waals surface area (Å²) in [7, 11) is 0. The van der Waals surface area contributed by atoms with Crippen LogP contribution >= 0.6 is 0 Å². The number of rotatable bonds is 3. The van der Waals surface area contributed by atoms with E-state index in [1.165, 1.54) is 11.1 Å². The van der Waals surface area contributed by atoms with Crippen molar-refractivity contribution in [2.75, 3.05) is 5.73 Å². The minimum Gasteiger partial charge on any atom is -0.384 e. The molecule has 0 amide bonds. The SMILES string of the molecule is CC(C)c1ccc(Cc2cn[nH]c2N)cc1. The van der Waals surface area contributed by atoms with E-state index in [4.69, 9.17) is 5.73 Å². The van der Waals surface area contributed by atoms with Gasteiger partial charge in [0.05, 0.1) is 6.20 Å². The van der Waals surface area contributed by atoms with Crippen molar-refractivity contribution >= 4 is 5.82 Å². The Hall–Kier alpha value is -1.77. The summed E-state index contributed by atoms with van der Waals surface area (Å²) in [5.41, 5.74) is 9.43. The smallest absolute Gasteiger partial charge is 0.122 e. The minimum atomic E-state index is 0.577. The van der Waals surface area contributed by atoms with Crippen LogP contribution in [0.1, 0.15) is 36.5 Å². The number of nitrogens with zero attached hydrogens (tertiary/aromatic N) is 1. The lowest BCUT2D eigenvalue weighted by molar-refractivity contribution is 0.865. The molecule has 2 rings (SSSR count). The third-order valence-electron chi connectivity index (χ3n) is 2.79. The van der Waals surface area contributed by atoms with Crippen LogP contribution in [0, 0.1) is 0 Å². The fraction of sp³-hybridized carbons (Fsp3) is 0.308. The molecule has 0 aliphatic rings. The highest BCUT2D eigenvalue weighted by Gasteiger charge is 2.03. The quantitative estimate of drug-likeness (QED) is 0.827. The Labute approximate surface area is 95.7 Å². The molecule has 0 spiro atoms. The van der Waals surface area contributed by atoms with Crippen LogP contribution in [0.2, 0.25) is 0 Å². The fourth-order valence-electron chi connectivity index (χ4n) is 1.70. The first kappa shape index (κ1) is 10.7. The fourth-order valence-corrected chi connectivity index (χ4v) is 1.70. The van der Waals surface area contributed by atoms with Gasteiger partial charge in [-0.15, -0.1) is 0 Å². The van der Waals surface area contributed by atoms with Gasteiger partial charge >= 0.3 is 0 Å². The zero-order chi connectivity index (χ0) is 11.5. The lowest BCUT2D eigenvalue weighted by atomic mass is 10.00. The first-order valence-corrected chi connectivity index (χ1v) is 5.53. The maximum absolute atomic E-state index is 5.75. The zero-order valence-electron chi connectivity index (χ0n) is 9.70. The molecule has 0 atom stereocenters. The second-order valence-corrected chi connectivity index (χ2v) is 4.38. The van der Waals surface area contributed by atoms with E-state index >= 15 is 0 Å². The van der Waals surface area contributed by atoms with Gasteiger partial charge < -0.3 is 5.73 Å². The van der Waals surface area contributed by atoms with E-state index in [9.17, 15) is 0 Å². The number of hydrogen-bond donors (Lipinski definition) is 2. The Bertz CT molecular complexity index is 454. The van der Waals surface area contributed by atoms with Gasteiger partial charge in [-0.1, -0.05) is 38.1 Å². The first-order chi connectivity index (χ1) is 7.66. The predicted octanol–water partition coefficient (Wildman–Crippen LogP) is 2.71. The van der Waals surface area contributed by atoms with Crippen LogP contribution in [0.3, 0.4) is 0 Å². The van der Waals surface area contributed by atoms with E-state index in [1.807, 2.05) is 0 Å². The molecule has 3 N–H and O–H groups in total. The van der Waals surface area contributed by atoms with Crippen molar-refractivity contribution in [1.29, 1.82) is 0 Å². The summed E-state index contributed by atoms with van der Waals surface area (Å²) in [6, 6.07) is 8.66. The Morgan fingerprint density at radius 3 is 2.44 bits per heavy atom. The summed E-state index contributed by atoms with van der Waals surface area (Å²) in [4.78, 5) is 0. The van der Waals surface area contributed by atoms with Crippen LogP contribution in [0.4, 0.5) is 5.82 Å². The molecule has 0 aliphatic heterocycles. The number of aromatic nitrogens is 2. The highest BCUT2D eigenvalue weighted by molar-refractivity contribution is 5.40. The van der Waals surface area contributed by atoms with Gasteiger partial charge in [-0.05, 0) is 17.0 Å². The summed E-state index contributed by atoms with van der Waals surface area (Å²) in [6.07, 6.45) is 2.62. The van der Waals surface area contributed by atoms with E-state index < -0.39 is 0 Å². The van der Waals surface area contributed by atoms with E-state index in [-0.39, 0.29) is 0 Å². The lowest BCUT2D eigenvalue weighted by Gasteiger charge is -2.06. The molecule has 0 unspecified atom stereocenters. The molecule has 0 bridgehead atoms. The number of anilines is 1. The standard InChI is InChI=1S/C13H17N3/c1-9(2)11-5-3-10(4-6-11)7-12-8-15-16-13(12)14/h3-6,8-9H,7H2,1-2H3,(H3,14,15,16). The monoisotopic (exact) mass is 215 g/mol. The van der Waals surface area contributed by atoms with Gasteiger partial charge in [-0.3, -0.25) is 5.10 Å². The average molecular weight is 215 g/mol. The van der Waals surface area contributed by atoms with Crippen molar-refractivity contribution in [3.63, 3.8) is 0 Å². The third kappa shape index (κ3) is 2.24. The average Bonchev–Trinajstić information content (AvgIpc) is 2.65. The normalized spacial score (nSPS) is 10.9. The van der Waals surface area contributed by atoms with Crippen LogP contribution in [0.15, 0.2) is 30.5 Å². The molecular weight excluding hydrogens is 198 g/mol. The van der Waals surface area contributed by atoms with Crippen molar-refractivity contribution in [3.05, 3.63) is 47.2 Å². The number of H-pyrrole nitrogens is 1. The number of benzene rings is 1. The summed E-state index contributed by atoms with van der Waals surface area (Å²) in [5.74, 6) is 1.24. The van der Waals surface area contributed by atoms with Gasteiger partial charge in [-0.2, -0.15) is 5.10 Å². The maximum atomic E-state index is 5.75. The minimum absolute atomic E-state index is 0.577. The molecule has 1 aromatic heterocycles. The number of nitrogens with two attached hydrogens (primary N) is 1. The van der Waals surface area contributed by atoms with Gasteiger partial charge in [0.15, 0.2) is 0 Å². The van der Waals surface area contributed by atoms with Crippen LogP contribution in [0.5, 0.6) is 0 Å². The van der Waals surface area contributed by atoms with Crippen molar-refractivity contribution in [1.82, 2.24) is 10.2 Å². The maximum Gasteiger partial charge on any atom is 0.122 e. The lowest BCUT2D eigenvalue weighted by Crippen LogP contribution is -1.94. The van der Waals surface area contributed by atoms with Crippen molar-refractivity contribution in [3.8, 4) is 0 Å². The second-order valence-electron chi connectivity index (χ2n) is 4.38. The molecule has 0 aliphatic carbocycles. The zero-order valence-corrected chi connectivity index (χ0v) is 9.70. The second kappa shape index (κ2) is 4.39. The van der Waals surface area contributed by atoms with Gasteiger partial charge in [0.25, 0.3) is 0 Å². The van der Waals surface area contributed by atoms with Gasteiger partial charge in [0, 0.05) is 12.0 Å². The third-order valence-corrected chi connectivity index (χ3v) is 2.79.